The van der Waals surface area contributed by atoms with Crippen LogP contribution in [-0.2, 0) is 19.5 Å². The van der Waals surface area contributed by atoms with Crippen molar-refractivity contribution in [2.45, 2.75) is 82.7 Å². The lowest BCUT2D eigenvalue weighted by atomic mass is 9.77. The van der Waals surface area contributed by atoms with Crippen molar-refractivity contribution >= 4 is 23.0 Å². The third-order valence-electron chi connectivity index (χ3n) is 9.01. The number of benzene rings is 1. The number of rotatable bonds is 7. The van der Waals surface area contributed by atoms with E-state index in [1.807, 2.05) is 18.2 Å². The minimum Gasteiger partial charge on any atom is -0.337 e. The number of amides is 1. The van der Waals surface area contributed by atoms with Crippen LogP contribution in [0.25, 0.3) is 0 Å². The maximum Gasteiger partial charge on any atom is 0.254 e. The molecule has 2 aromatic rings. The van der Waals surface area contributed by atoms with Crippen molar-refractivity contribution in [3.05, 3.63) is 50.5 Å². The zero-order valence-electron chi connectivity index (χ0n) is 21.5. The van der Waals surface area contributed by atoms with Gasteiger partial charge in [0.1, 0.15) is 0 Å². The van der Waals surface area contributed by atoms with Crippen molar-refractivity contribution in [2.75, 3.05) is 20.1 Å². The van der Waals surface area contributed by atoms with E-state index in [-0.39, 0.29) is 30.4 Å². The third-order valence-corrected chi connectivity index (χ3v) is 10.3. The van der Waals surface area contributed by atoms with Crippen LogP contribution in [0.3, 0.4) is 0 Å². The number of thiazole rings is 1. The average Bonchev–Trinajstić information content (AvgIpc) is 3.42. The molecule has 0 radical (unpaired) electrons. The molecule has 198 valence electrons. The van der Waals surface area contributed by atoms with E-state index in [9.17, 15) is 18.4 Å². The largest absolute Gasteiger partial charge is 0.337 e. The first kappa shape index (κ1) is 25.1. The van der Waals surface area contributed by atoms with Crippen LogP contribution in [-0.4, -0.2) is 52.5 Å². The van der Waals surface area contributed by atoms with Crippen LogP contribution in [0.5, 0.6) is 0 Å². The molecule has 4 aliphatic rings. The normalized spacial score (nSPS) is 25.6. The maximum atomic E-state index is 13.3. The zero-order chi connectivity index (χ0) is 25.7. The molecular formula is C29H35F2N3O2S. The molecule has 0 spiro atoms. The number of halogens is 2. The van der Waals surface area contributed by atoms with E-state index in [1.165, 1.54) is 24.1 Å². The van der Waals surface area contributed by atoms with Gasteiger partial charge in [-0.3, -0.25) is 14.5 Å². The SMILES string of the molecule is CN1Cc2c(C(=O)CC3CCC(CCN4CCc5sc(C6CC(F)(F)C6)nc5C4)CC3)cccc2C1=O. The van der Waals surface area contributed by atoms with Crippen LogP contribution in [0, 0.1) is 11.8 Å². The second-order valence-corrected chi connectivity index (χ2v) is 12.8. The van der Waals surface area contributed by atoms with Crippen molar-refractivity contribution in [3.63, 3.8) is 0 Å². The molecule has 0 saturated heterocycles. The lowest BCUT2D eigenvalue weighted by Gasteiger charge is -2.33. The standard InChI is InChI=1S/C29H35F2N3O2S/c1-33-16-23-21(3-2-4-22(23)28(33)36)25(35)13-19-7-5-18(6-8-19)9-11-34-12-10-26-24(17-34)32-27(37-26)20-14-29(30,31)15-20/h2-4,18-20H,5-17H2,1H3. The van der Waals surface area contributed by atoms with Crippen LogP contribution in [0.1, 0.15) is 99.1 Å². The molecule has 1 aromatic carbocycles. The van der Waals surface area contributed by atoms with Crippen LogP contribution in [0.2, 0.25) is 0 Å². The summed E-state index contributed by atoms with van der Waals surface area (Å²) < 4.78 is 26.5. The molecule has 37 heavy (non-hydrogen) atoms. The van der Waals surface area contributed by atoms with Crippen molar-refractivity contribution in [2.24, 2.45) is 11.8 Å². The Bertz CT molecular complexity index is 1200. The van der Waals surface area contributed by atoms with Crippen LogP contribution in [0.15, 0.2) is 18.2 Å². The molecule has 3 heterocycles. The van der Waals surface area contributed by atoms with E-state index in [4.69, 9.17) is 4.98 Å². The van der Waals surface area contributed by atoms with Crippen molar-refractivity contribution < 1.29 is 18.4 Å². The lowest BCUT2D eigenvalue weighted by molar-refractivity contribution is -0.0868. The Kier molecular flexibility index (Phi) is 6.68. The molecule has 2 aliphatic heterocycles. The summed E-state index contributed by atoms with van der Waals surface area (Å²) in [6, 6.07) is 5.55. The van der Waals surface area contributed by atoms with Gasteiger partial charge in [0.2, 0.25) is 5.92 Å². The highest BCUT2D eigenvalue weighted by atomic mass is 32.1. The molecule has 0 atom stereocenters. The molecule has 8 heteroatoms. The highest BCUT2D eigenvalue weighted by Crippen LogP contribution is 2.49. The highest BCUT2D eigenvalue weighted by molar-refractivity contribution is 7.11. The van der Waals surface area contributed by atoms with E-state index in [2.05, 4.69) is 4.90 Å². The molecule has 2 saturated carbocycles. The maximum absolute atomic E-state index is 13.3. The van der Waals surface area contributed by atoms with Gasteiger partial charge in [0.15, 0.2) is 5.78 Å². The summed E-state index contributed by atoms with van der Waals surface area (Å²) in [7, 11) is 1.79. The number of hydrogen-bond donors (Lipinski definition) is 0. The number of hydrogen-bond acceptors (Lipinski definition) is 5. The van der Waals surface area contributed by atoms with E-state index in [0.29, 0.717) is 30.4 Å². The van der Waals surface area contributed by atoms with Gasteiger partial charge in [-0.05, 0) is 55.7 Å². The Morgan fingerprint density at radius 1 is 1.14 bits per heavy atom. The molecule has 0 N–H and O–H groups in total. The summed E-state index contributed by atoms with van der Waals surface area (Å²) >= 11 is 1.66. The lowest BCUT2D eigenvalue weighted by Crippen LogP contribution is -2.33. The van der Waals surface area contributed by atoms with E-state index in [0.717, 1.165) is 60.7 Å². The average molecular weight is 528 g/mol. The summed E-state index contributed by atoms with van der Waals surface area (Å²) in [5, 5.41) is 0.921. The summed E-state index contributed by atoms with van der Waals surface area (Å²) in [6.07, 6.45) is 7.17. The molecule has 2 fully saturated rings. The first-order chi connectivity index (χ1) is 17.8. The fraction of sp³-hybridized carbons (Fsp3) is 0.621. The predicted molar refractivity (Wildman–Crippen MR) is 139 cm³/mol. The Hall–Kier alpha value is -2.19. The van der Waals surface area contributed by atoms with Gasteiger partial charge >= 0.3 is 0 Å². The van der Waals surface area contributed by atoms with Crippen LogP contribution in [0.4, 0.5) is 8.78 Å². The molecule has 5 nitrogen and oxygen atoms in total. The molecule has 6 rings (SSSR count). The summed E-state index contributed by atoms with van der Waals surface area (Å²) in [6.45, 7) is 3.45. The molecule has 2 aliphatic carbocycles. The van der Waals surface area contributed by atoms with E-state index >= 15 is 0 Å². The number of aromatic nitrogens is 1. The number of carbonyl (C=O) groups excluding carboxylic acids is 2. The fourth-order valence-electron chi connectivity index (χ4n) is 6.67. The van der Waals surface area contributed by atoms with Gasteiger partial charge in [-0.1, -0.05) is 25.0 Å². The second kappa shape index (κ2) is 9.84. The van der Waals surface area contributed by atoms with Crippen molar-refractivity contribution in [1.29, 1.82) is 0 Å². The Morgan fingerprint density at radius 3 is 2.65 bits per heavy atom. The van der Waals surface area contributed by atoms with E-state index < -0.39 is 5.92 Å². The first-order valence-corrected chi connectivity index (χ1v) is 14.6. The number of nitrogens with zero attached hydrogens (tertiary/aromatic N) is 3. The van der Waals surface area contributed by atoms with Gasteiger partial charge in [-0.2, -0.15) is 0 Å². The molecule has 0 unspecified atom stereocenters. The van der Waals surface area contributed by atoms with Crippen molar-refractivity contribution in [3.8, 4) is 0 Å². The van der Waals surface area contributed by atoms with Gasteiger partial charge in [0.25, 0.3) is 5.91 Å². The van der Waals surface area contributed by atoms with Crippen LogP contribution < -0.4 is 0 Å². The highest BCUT2D eigenvalue weighted by Gasteiger charge is 2.47. The van der Waals surface area contributed by atoms with Gasteiger partial charge < -0.3 is 4.90 Å². The Labute approximate surface area is 221 Å². The third kappa shape index (κ3) is 5.11. The Balaban J connectivity index is 0.956. The predicted octanol–water partition coefficient (Wildman–Crippen LogP) is 6.07. The topological polar surface area (TPSA) is 53.5 Å². The monoisotopic (exact) mass is 527 g/mol. The smallest absolute Gasteiger partial charge is 0.254 e. The molecule has 1 aromatic heterocycles. The van der Waals surface area contributed by atoms with Gasteiger partial charge in [-0.25, -0.2) is 13.8 Å². The second-order valence-electron chi connectivity index (χ2n) is 11.7. The molecular weight excluding hydrogens is 492 g/mol. The molecule has 1 amide bonds. The van der Waals surface area contributed by atoms with Crippen molar-refractivity contribution in [1.82, 2.24) is 14.8 Å². The number of alkyl halides is 2. The van der Waals surface area contributed by atoms with Gasteiger partial charge in [0, 0.05) is 67.9 Å². The van der Waals surface area contributed by atoms with Crippen LogP contribution >= 0.6 is 11.3 Å². The minimum atomic E-state index is -2.49. The van der Waals surface area contributed by atoms with E-state index in [1.54, 1.807) is 23.3 Å². The Morgan fingerprint density at radius 2 is 1.89 bits per heavy atom. The summed E-state index contributed by atoms with van der Waals surface area (Å²) in [5.74, 6) is -1.22. The fourth-order valence-corrected chi connectivity index (χ4v) is 7.83. The number of fused-ring (bicyclic) bond motifs is 2. The zero-order valence-corrected chi connectivity index (χ0v) is 22.3. The number of ketones is 1. The van der Waals surface area contributed by atoms with Gasteiger partial charge in [-0.15, -0.1) is 11.3 Å². The quantitative estimate of drug-likeness (QED) is 0.410. The minimum absolute atomic E-state index is 0.00771. The summed E-state index contributed by atoms with van der Waals surface area (Å²) in [4.78, 5) is 35.6. The number of carbonyl (C=O) groups is 2. The van der Waals surface area contributed by atoms with Gasteiger partial charge in [0.05, 0.1) is 10.7 Å². The first-order valence-electron chi connectivity index (χ1n) is 13.7. The summed E-state index contributed by atoms with van der Waals surface area (Å²) in [5.41, 5.74) is 3.43. The molecule has 0 bridgehead atoms. The number of Topliss-reactive ketones (excluding diaryl/α,β-unsaturated/α-hetero) is 1.